The quantitative estimate of drug-likeness (QED) is 0.128. The van der Waals surface area contributed by atoms with E-state index >= 15 is 0 Å². The molecular formula is C54H30OS. The average molecular weight is 727 g/mol. The summed E-state index contributed by atoms with van der Waals surface area (Å²) in [5, 5.41) is 19.8. The third-order valence-corrected chi connectivity index (χ3v) is 13.3. The summed E-state index contributed by atoms with van der Waals surface area (Å²) >= 11 is 1.87. The molecule has 258 valence electrons. The van der Waals surface area contributed by atoms with Crippen LogP contribution in [0.1, 0.15) is 0 Å². The Morgan fingerprint density at radius 3 is 1.48 bits per heavy atom. The molecule has 56 heavy (non-hydrogen) atoms. The van der Waals surface area contributed by atoms with E-state index in [0.717, 1.165) is 21.9 Å². The van der Waals surface area contributed by atoms with E-state index in [1.807, 2.05) is 11.3 Å². The molecule has 1 nitrogen and oxygen atoms in total. The summed E-state index contributed by atoms with van der Waals surface area (Å²) in [5.41, 5.74) is 6.80. The fourth-order valence-electron chi connectivity index (χ4n) is 9.39. The first-order valence-electron chi connectivity index (χ1n) is 19.2. The van der Waals surface area contributed by atoms with Crippen LogP contribution >= 0.6 is 11.3 Å². The average Bonchev–Trinajstić information content (AvgIpc) is 3.81. The second kappa shape index (κ2) is 11.3. The van der Waals surface area contributed by atoms with E-state index in [1.54, 1.807) is 0 Å². The molecule has 0 aliphatic heterocycles. The highest BCUT2D eigenvalue weighted by Crippen LogP contribution is 2.45. The summed E-state index contributed by atoms with van der Waals surface area (Å²) in [6, 6.07) is 67.4. The number of thiophene rings is 1. The van der Waals surface area contributed by atoms with E-state index < -0.39 is 0 Å². The van der Waals surface area contributed by atoms with E-state index in [9.17, 15) is 0 Å². The standard InChI is InChI=1S/C54H30OS/c1-2-8-32-24-40-25-35(13-14-36(40)23-31(32)7-1)38-16-21-51-48(28-38)49-29-39(17-22-52(49)56-51)37-15-18-44-46(26-37)42-12-6-5-11-41(42)43-19-20-45-47-27-33-9-3-4-10-34(33)30-50(47)55-54(45)53(43)44/h1-30H. The van der Waals surface area contributed by atoms with Gasteiger partial charge in [0.1, 0.15) is 11.2 Å². The third-order valence-electron chi connectivity index (χ3n) is 12.1. The number of furan rings is 1. The Morgan fingerprint density at radius 1 is 0.286 bits per heavy atom. The van der Waals surface area contributed by atoms with Gasteiger partial charge in [0, 0.05) is 36.3 Å². The molecule has 0 aliphatic carbocycles. The molecule has 0 spiro atoms. The van der Waals surface area contributed by atoms with Gasteiger partial charge in [-0.3, -0.25) is 0 Å². The maximum atomic E-state index is 6.81. The molecule has 0 saturated heterocycles. The molecule has 0 saturated carbocycles. The van der Waals surface area contributed by atoms with E-state index in [-0.39, 0.29) is 0 Å². The predicted molar refractivity (Wildman–Crippen MR) is 243 cm³/mol. The maximum Gasteiger partial charge on any atom is 0.143 e. The molecule has 0 atom stereocenters. The zero-order valence-electron chi connectivity index (χ0n) is 30.1. The lowest BCUT2D eigenvalue weighted by Gasteiger charge is -2.12. The monoisotopic (exact) mass is 726 g/mol. The lowest BCUT2D eigenvalue weighted by Crippen LogP contribution is -1.86. The highest BCUT2D eigenvalue weighted by atomic mass is 32.1. The van der Waals surface area contributed by atoms with Crippen LogP contribution in [0.5, 0.6) is 0 Å². The van der Waals surface area contributed by atoms with Crippen LogP contribution in [0.25, 0.3) is 129 Å². The Kier molecular flexibility index (Phi) is 6.11. The van der Waals surface area contributed by atoms with Crippen LogP contribution in [0.2, 0.25) is 0 Å². The minimum absolute atomic E-state index is 0.929. The van der Waals surface area contributed by atoms with Crippen molar-refractivity contribution in [3.8, 4) is 22.3 Å². The molecule has 2 aromatic heterocycles. The zero-order chi connectivity index (χ0) is 36.5. The van der Waals surface area contributed by atoms with Gasteiger partial charge in [-0.2, -0.15) is 0 Å². The molecule has 13 aromatic rings. The Morgan fingerprint density at radius 2 is 0.768 bits per heavy atom. The Hall–Kier alpha value is -7.00. The van der Waals surface area contributed by atoms with Crippen molar-refractivity contribution in [2.24, 2.45) is 0 Å². The van der Waals surface area contributed by atoms with Crippen molar-refractivity contribution in [2.45, 2.75) is 0 Å². The van der Waals surface area contributed by atoms with E-state index in [4.69, 9.17) is 4.42 Å². The Labute approximate surface area is 325 Å². The van der Waals surface area contributed by atoms with Gasteiger partial charge in [0.2, 0.25) is 0 Å². The summed E-state index contributed by atoms with van der Waals surface area (Å²) in [6.45, 7) is 0. The van der Waals surface area contributed by atoms with Crippen molar-refractivity contribution in [2.75, 3.05) is 0 Å². The number of fused-ring (bicyclic) bond motifs is 16. The van der Waals surface area contributed by atoms with Crippen molar-refractivity contribution >= 4 is 118 Å². The van der Waals surface area contributed by atoms with Gasteiger partial charge >= 0.3 is 0 Å². The summed E-state index contributed by atoms with van der Waals surface area (Å²) < 4.78 is 9.43. The predicted octanol–water partition coefficient (Wildman–Crippen LogP) is 16.2. The van der Waals surface area contributed by atoms with Gasteiger partial charge in [-0.05, 0) is 148 Å². The first-order chi connectivity index (χ1) is 27.7. The Bertz CT molecular complexity index is 3820. The molecule has 0 radical (unpaired) electrons. The smallest absolute Gasteiger partial charge is 0.143 e. The highest BCUT2D eigenvalue weighted by molar-refractivity contribution is 7.25. The number of hydrogen-bond acceptors (Lipinski definition) is 2. The van der Waals surface area contributed by atoms with Crippen molar-refractivity contribution in [1.82, 2.24) is 0 Å². The largest absolute Gasteiger partial charge is 0.455 e. The first kappa shape index (κ1) is 30.3. The second-order valence-electron chi connectivity index (χ2n) is 15.3. The van der Waals surface area contributed by atoms with Crippen LogP contribution in [0.3, 0.4) is 0 Å². The van der Waals surface area contributed by atoms with Crippen LogP contribution in [-0.2, 0) is 0 Å². The van der Waals surface area contributed by atoms with Gasteiger partial charge in [0.15, 0.2) is 0 Å². The van der Waals surface area contributed by atoms with Crippen LogP contribution in [0, 0.1) is 0 Å². The summed E-state index contributed by atoms with van der Waals surface area (Å²) in [5.74, 6) is 0. The van der Waals surface area contributed by atoms with Gasteiger partial charge in [-0.15, -0.1) is 11.3 Å². The zero-order valence-corrected chi connectivity index (χ0v) is 31.0. The van der Waals surface area contributed by atoms with Crippen LogP contribution in [0.15, 0.2) is 186 Å². The number of benzene rings is 11. The summed E-state index contributed by atoms with van der Waals surface area (Å²) in [6.07, 6.45) is 0. The lowest BCUT2D eigenvalue weighted by molar-refractivity contribution is 0.673. The van der Waals surface area contributed by atoms with E-state index in [0.29, 0.717) is 0 Å². The van der Waals surface area contributed by atoms with Gasteiger partial charge < -0.3 is 4.42 Å². The molecule has 13 rings (SSSR count). The van der Waals surface area contributed by atoms with E-state index in [1.165, 1.54) is 107 Å². The van der Waals surface area contributed by atoms with Crippen LogP contribution < -0.4 is 0 Å². The third kappa shape index (κ3) is 4.36. The van der Waals surface area contributed by atoms with Gasteiger partial charge in [0.25, 0.3) is 0 Å². The fraction of sp³-hybridized carbons (Fsp3) is 0. The number of hydrogen-bond donors (Lipinski definition) is 0. The lowest BCUT2D eigenvalue weighted by atomic mass is 9.91. The topological polar surface area (TPSA) is 13.1 Å². The maximum absolute atomic E-state index is 6.81. The van der Waals surface area contributed by atoms with Crippen LogP contribution in [-0.4, -0.2) is 0 Å². The Balaban J connectivity index is 0.986. The van der Waals surface area contributed by atoms with Gasteiger partial charge in [-0.1, -0.05) is 115 Å². The molecule has 0 bridgehead atoms. The van der Waals surface area contributed by atoms with Gasteiger partial charge in [0.05, 0.1) is 0 Å². The summed E-state index contributed by atoms with van der Waals surface area (Å²) in [4.78, 5) is 0. The molecule has 0 fully saturated rings. The second-order valence-corrected chi connectivity index (χ2v) is 16.3. The molecule has 2 heterocycles. The molecular weight excluding hydrogens is 697 g/mol. The highest BCUT2D eigenvalue weighted by Gasteiger charge is 2.18. The van der Waals surface area contributed by atoms with Crippen molar-refractivity contribution < 1.29 is 4.42 Å². The minimum Gasteiger partial charge on any atom is -0.455 e. The molecule has 2 heteroatoms. The molecule has 0 N–H and O–H groups in total. The van der Waals surface area contributed by atoms with Gasteiger partial charge in [-0.25, -0.2) is 0 Å². The summed E-state index contributed by atoms with van der Waals surface area (Å²) in [7, 11) is 0. The van der Waals surface area contributed by atoms with Crippen LogP contribution in [0.4, 0.5) is 0 Å². The van der Waals surface area contributed by atoms with Crippen molar-refractivity contribution in [3.05, 3.63) is 182 Å². The first-order valence-corrected chi connectivity index (χ1v) is 20.0. The SMILES string of the molecule is c1ccc2cc3cc(-c4ccc5sc6ccc(-c7ccc8c(c7)c7ccccc7c7ccc9c%10cc%11ccccc%11cc%10oc9c78)cc6c5c4)ccc3cc2c1. The molecule has 0 amide bonds. The normalized spacial score (nSPS) is 12.3. The van der Waals surface area contributed by atoms with Crippen molar-refractivity contribution in [3.63, 3.8) is 0 Å². The molecule has 11 aromatic carbocycles. The van der Waals surface area contributed by atoms with E-state index in [2.05, 4.69) is 182 Å². The van der Waals surface area contributed by atoms with Crippen molar-refractivity contribution in [1.29, 1.82) is 0 Å². The molecule has 0 unspecified atom stereocenters. The fourth-order valence-corrected chi connectivity index (χ4v) is 10.5. The minimum atomic E-state index is 0.929. The number of rotatable bonds is 2. The molecule has 0 aliphatic rings.